The number of nitrogen functional groups attached to an aromatic ring is 1. The summed E-state index contributed by atoms with van der Waals surface area (Å²) in [6, 6.07) is 11.2. The van der Waals surface area contributed by atoms with Crippen molar-refractivity contribution >= 4 is 16.7 Å². The van der Waals surface area contributed by atoms with Gasteiger partial charge in [-0.15, -0.1) is 0 Å². The number of pyridine rings is 1. The Hall–Kier alpha value is -2.69. The van der Waals surface area contributed by atoms with E-state index in [0.29, 0.717) is 23.3 Å². The Labute approximate surface area is 110 Å². The maximum atomic E-state index is 5.76. The number of aromatic nitrogens is 3. The van der Waals surface area contributed by atoms with Crippen LogP contribution in [0, 0.1) is 6.92 Å². The van der Waals surface area contributed by atoms with Gasteiger partial charge >= 0.3 is 0 Å². The Bertz CT molecular complexity index is 717. The normalized spacial score (nSPS) is 10.6. The topological polar surface area (TPSA) is 73.9 Å². The van der Waals surface area contributed by atoms with Crippen molar-refractivity contribution in [3.05, 3.63) is 48.4 Å². The average molecular weight is 252 g/mol. The minimum Gasteiger partial charge on any atom is -0.437 e. The van der Waals surface area contributed by atoms with E-state index in [0.717, 1.165) is 10.9 Å². The van der Waals surface area contributed by atoms with Crippen LogP contribution in [0.4, 0.5) is 5.82 Å². The van der Waals surface area contributed by atoms with Gasteiger partial charge in [0, 0.05) is 17.6 Å². The van der Waals surface area contributed by atoms with Gasteiger partial charge < -0.3 is 10.5 Å². The minimum absolute atomic E-state index is 0.385. The van der Waals surface area contributed by atoms with Crippen LogP contribution in [0.5, 0.6) is 11.6 Å². The van der Waals surface area contributed by atoms with Gasteiger partial charge in [-0.1, -0.05) is 18.2 Å². The van der Waals surface area contributed by atoms with Crippen LogP contribution in [0.1, 0.15) is 5.82 Å². The summed E-state index contributed by atoms with van der Waals surface area (Å²) < 4.78 is 5.76. The Morgan fingerprint density at radius 1 is 1.11 bits per heavy atom. The lowest BCUT2D eigenvalue weighted by atomic mass is 10.2. The molecule has 0 spiro atoms. The van der Waals surface area contributed by atoms with Gasteiger partial charge in [-0.05, 0) is 19.1 Å². The highest BCUT2D eigenvalue weighted by molar-refractivity contribution is 5.84. The lowest BCUT2D eigenvalue weighted by Crippen LogP contribution is -1.98. The van der Waals surface area contributed by atoms with Gasteiger partial charge in [0.25, 0.3) is 0 Å². The molecule has 2 heterocycles. The van der Waals surface area contributed by atoms with Crippen molar-refractivity contribution in [2.45, 2.75) is 6.92 Å². The molecule has 5 nitrogen and oxygen atoms in total. The molecule has 5 heteroatoms. The SMILES string of the molecule is Cc1nc(N)cc(Oc2cccc3cccnc23)n1. The smallest absolute Gasteiger partial charge is 0.224 e. The molecule has 0 fully saturated rings. The van der Waals surface area contributed by atoms with Gasteiger partial charge in [0.1, 0.15) is 17.2 Å². The number of hydrogen-bond acceptors (Lipinski definition) is 5. The third-order valence-corrected chi connectivity index (χ3v) is 2.64. The fourth-order valence-corrected chi connectivity index (χ4v) is 1.89. The van der Waals surface area contributed by atoms with Gasteiger partial charge in [0.15, 0.2) is 5.75 Å². The minimum atomic E-state index is 0.385. The van der Waals surface area contributed by atoms with Crippen LogP contribution < -0.4 is 10.5 Å². The van der Waals surface area contributed by atoms with E-state index in [1.165, 1.54) is 0 Å². The molecule has 2 aromatic heterocycles. The second-order valence-corrected chi connectivity index (χ2v) is 4.11. The van der Waals surface area contributed by atoms with Gasteiger partial charge in [-0.25, -0.2) is 4.98 Å². The first-order chi connectivity index (χ1) is 9.22. The molecule has 0 saturated carbocycles. The van der Waals surface area contributed by atoms with Gasteiger partial charge in [0.2, 0.25) is 5.88 Å². The van der Waals surface area contributed by atoms with Crippen molar-refractivity contribution < 1.29 is 4.74 Å². The molecular formula is C14H12N4O. The molecule has 0 bridgehead atoms. The standard InChI is InChI=1S/C14H12N4O/c1-9-17-12(15)8-13(18-9)19-11-6-2-4-10-5-3-7-16-14(10)11/h2-8H,1H3,(H2,15,17,18). The summed E-state index contributed by atoms with van der Waals surface area (Å²) in [6.45, 7) is 1.77. The molecule has 0 aliphatic heterocycles. The van der Waals surface area contributed by atoms with Gasteiger partial charge in [0.05, 0.1) is 0 Å². The van der Waals surface area contributed by atoms with E-state index < -0.39 is 0 Å². The Kier molecular flexibility index (Phi) is 2.72. The molecule has 2 N–H and O–H groups in total. The Balaban J connectivity index is 2.05. The number of aryl methyl sites for hydroxylation is 1. The maximum absolute atomic E-state index is 5.76. The van der Waals surface area contributed by atoms with Crippen molar-refractivity contribution in [2.24, 2.45) is 0 Å². The molecule has 0 radical (unpaired) electrons. The van der Waals surface area contributed by atoms with E-state index >= 15 is 0 Å². The van der Waals surface area contributed by atoms with Crippen molar-refractivity contribution in [1.29, 1.82) is 0 Å². The number of para-hydroxylation sites is 1. The molecular weight excluding hydrogens is 240 g/mol. The molecule has 0 unspecified atom stereocenters. The van der Waals surface area contributed by atoms with Crippen LogP contribution in [0.15, 0.2) is 42.6 Å². The number of benzene rings is 1. The molecule has 0 amide bonds. The zero-order chi connectivity index (χ0) is 13.2. The lowest BCUT2D eigenvalue weighted by Gasteiger charge is -2.08. The van der Waals surface area contributed by atoms with Crippen LogP contribution in [0.25, 0.3) is 10.9 Å². The lowest BCUT2D eigenvalue weighted by molar-refractivity contribution is 0.464. The number of rotatable bonds is 2. The Morgan fingerprint density at radius 3 is 2.79 bits per heavy atom. The fraction of sp³-hybridized carbons (Fsp3) is 0.0714. The first-order valence-corrected chi connectivity index (χ1v) is 5.85. The first-order valence-electron chi connectivity index (χ1n) is 5.85. The quantitative estimate of drug-likeness (QED) is 0.759. The summed E-state index contributed by atoms with van der Waals surface area (Å²) in [5, 5.41) is 1.01. The molecule has 0 aliphatic carbocycles. The second kappa shape index (κ2) is 4.53. The predicted molar refractivity (Wildman–Crippen MR) is 73.0 cm³/mol. The van der Waals surface area contributed by atoms with E-state index in [9.17, 15) is 0 Å². The largest absolute Gasteiger partial charge is 0.437 e. The zero-order valence-corrected chi connectivity index (χ0v) is 10.4. The predicted octanol–water partition coefficient (Wildman–Crippen LogP) is 2.71. The van der Waals surface area contributed by atoms with E-state index in [4.69, 9.17) is 10.5 Å². The van der Waals surface area contributed by atoms with Crippen LogP contribution in [0.2, 0.25) is 0 Å². The van der Waals surface area contributed by atoms with Crippen LogP contribution in [-0.2, 0) is 0 Å². The van der Waals surface area contributed by atoms with Crippen LogP contribution in [0.3, 0.4) is 0 Å². The molecule has 0 aliphatic rings. The van der Waals surface area contributed by atoms with E-state index in [2.05, 4.69) is 15.0 Å². The number of nitrogens with zero attached hydrogens (tertiary/aromatic N) is 3. The molecule has 0 atom stereocenters. The molecule has 19 heavy (non-hydrogen) atoms. The van der Waals surface area contributed by atoms with Crippen molar-refractivity contribution in [3.63, 3.8) is 0 Å². The summed E-state index contributed by atoms with van der Waals surface area (Å²) in [4.78, 5) is 12.5. The van der Waals surface area contributed by atoms with Crippen LogP contribution in [-0.4, -0.2) is 15.0 Å². The van der Waals surface area contributed by atoms with Gasteiger partial charge in [-0.3, -0.25) is 4.98 Å². The fourth-order valence-electron chi connectivity index (χ4n) is 1.89. The van der Waals surface area contributed by atoms with E-state index in [1.54, 1.807) is 19.2 Å². The van der Waals surface area contributed by atoms with E-state index in [-0.39, 0.29) is 0 Å². The molecule has 94 valence electrons. The number of anilines is 1. The molecule has 3 aromatic rings. The number of hydrogen-bond donors (Lipinski definition) is 1. The monoisotopic (exact) mass is 252 g/mol. The van der Waals surface area contributed by atoms with Crippen LogP contribution >= 0.6 is 0 Å². The summed E-state index contributed by atoms with van der Waals surface area (Å²) in [7, 11) is 0. The van der Waals surface area contributed by atoms with E-state index in [1.807, 2.05) is 30.3 Å². The second-order valence-electron chi connectivity index (χ2n) is 4.11. The first kappa shape index (κ1) is 11.4. The van der Waals surface area contributed by atoms with Crippen molar-refractivity contribution in [3.8, 4) is 11.6 Å². The highest BCUT2D eigenvalue weighted by atomic mass is 16.5. The highest BCUT2D eigenvalue weighted by Crippen LogP contribution is 2.27. The Morgan fingerprint density at radius 2 is 1.95 bits per heavy atom. The third kappa shape index (κ3) is 2.30. The molecule has 0 saturated heterocycles. The van der Waals surface area contributed by atoms with Gasteiger partial charge in [-0.2, -0.15) is 4.98 Å². The van der Waals surface area contributed by atoms with Crippen molar-refractivity contribution in [1.82, 2.24) is 15.0 Å². The summed E-state index contributed by atoms with van der Waals surface area (Å²) in [5.41, 5.74) is 6.47. The molecule has 1 aromatic carbocycles. The summed E-state index contributed by atoms with van der Waals surface area (Å²) >= 11 is 0. The third-order valence-electron chi connectivity index (χ3n) is 2.64. The molecule has 3 rings (SSSR count). The highest BCUT2D eigenvalue weighted by Gasteiger charge is 2.06. The average Bonchev–Trinajstić information content (AvgIpc) is 2.38. The maximum Gasteiger partial charge on any atom is 0.224 e. The van der Waals surface area contributed by atoms with Crippen molar-refractivity contribution in [2.75, 3.05) is 5.73 Å². The summed E-state index contributed by atoms with van der Waals surface area (Å²) in [5.74, 6) is 2.03. The zero-order valence-electron chi connectivity index (χ0n) is 10.4. The number of ether oxygens (including phenoxy) is 1. The number of fused-ring (bicyclic) bond motifs is 1. The number of nitrogens with two attached hydrogens (primary N) is 1. The summed E-state index contributed by atoms with van der Waals surface area (Å²) in [6.07, 6.45) is 1.73.